The topological polar surface area (TPSA) is 53.1 Å². The van der Waals surface area contributed by atoms with Gasteiger partial charge in [0.25, 0.3) is 0 Å². The molecule has 1 heterocycles. The van der Waals surface area contributed by atoms with E-state index in [-0.39, 0.29) is 6.42 Å². The number of carboxylic acid groups (broad SMARTS) is 1. The molecule has 0 saturated heterocycles. The average molecular weight is 268 g/mol. The van der Waals surface area contributed by atoms with E-state index in [9.17, 15) is 4.79 Å². The van der Waals surface area contributed by atoms with Crippen molar-refractivity contribution in [2.24, 2.45) is 0 Å². The van der Waals surface area contributed by atoms with Crippen LogP contribution in [0.1, 0.15) is 11.3 Å². The SMILES string of the molecule is Cc1[nH]c2cccc(CC(=O)O)c2c1Br. The normalized spacial score (nSPS) is 10.8. The summed E-state index contributed by atoms with van der Waals surface area (Å²) < 4.78 is 0.953. The Morgan fingerprint density at radius 2 is 2.27 bits per heavy atom. The molecule has 78 valence electrons. The molecule has 2 aromatic rings. The van der Waals surface area contributed by atoms with Gasteiger partial charge in [0.1, 0.15) is 0 Å². The molecular formula is C11H10BrNO2. The first-order valence-corrected chi connectivity index (χ1v) is 5.36. The van der Waals surface area contributed by atoms with E-state index in [1.54, 1.807) is 0 Å². The van der Waals surface area contributed by atoms with Gasteiger partial charge < -0.3 is 10.1 Å². The van der Waals surface area contributed by atoms with Gasteiger partial charge in [0.2, 0.25) is 0 Å². The third-order valence-electron chi connectivity index (χ3n) is 2.36. The summed E-state index contributed by atoms with van der Waals surface area (Å²) in [5.41, 5.74) is 2.82. The highest BCUT2D eigenvalue weighted by atomic mass is 79.9. The van der Waals surface area contributed by atoms with Crippen LogP contribution in [0.4, 0.5) is 0 Å². The zero-order valence-corrected chi connectivity index (χ0v) is 9.76. The van der Waals surface area contributed by atoms with Gasteiger partial charge in [-0.15, -0.1) is 0 Å². The van der Waals surface area contributed by atoms with Crippen LogP contribution in [0.15, 0.2) is 22.7 Å². The monoisotopic (exact) mass is 267 g/mol. The van der Waals surface area contributed by atoms with Crippen LogP contribution in [0.5, 0.6) is 0 Å². The van der Waals surface area contributed by atoms with E-state index < -0.39 is 5.97 Å². The summed E-state index contributed by atoms with van der Waals surface area (Å²) in [5.74, 6) is -0.812. The minimum atomic E-state index is -0.812. The smallest absolute Gasteiger partial charge is 0.307 e. The lowest BCUT2D eigenvalue weighted by atomic mass is 10.1. The molecule has 0 amide bonds. The lowest BCUT2D eigenvalue weighted by Crippen LogP contribution is -2.00. The summed E-state index contributed by atoms with van der Waals surface area (Å²) in [6.07, 6.45) is 0.0488. The van der Waals surface area contributed by atoms with Crippen LogP contribution in [0.2, 0.25) is 0 Å². The number of aromatic nitrogens is 1. The lowest BCUT2D eigenvalue weighted by Gasteiger charge is -2.00. The first-order valence-electron chi connectivity index (χ1n) is 4.57. The molecule has 15 heavy (non-hydrogen) atoms. The minimum absolute atomic E-state index is 0.0488. The van der Waals surface area contributed by atoms with Crippen LogP contribution in [0, 0.1) is 6.92 Å². The number of aryl methyl sites for hydroxylation is 1. The van der Waals surface area contributed by atoms with Crippen molar-refractivity contribution in [2.75, 3.05) is 0 Å². The van der Waals surface area contributed by atoms with Gasteiger partial charge >= 0.3 is 5.97 Å². The number of fused-ring (bicyclic) bond motifs is 1. The van der Waals surface area contributed by atoms with Crippen molar-refractivity contribution in [1.82, 2.24) is 4.98 Å². The van der Waals surface area contributed by atoms with E-state index in [0.717, 1.165) is 26.6 Å². The van der Waals surface area contributed by atoms with Gasteiger partial charge in [-0.2, -0.15) is 0 Å². The molecule has 3 nitrogen and oxygen atoms in total. The Labute approximate surface area is 95.2 Å². The number of halogens is 1. The van der Waals surface area contributed by atoms with E-state index in [1.807, 2.05) is 25.1 Å². The van der Waals surface area contributed by atoms with E-state index in [0.29, 0.717) is 0 Å². The standard InChI is InChI=1S/C11H10BrNO2/c1-6-11(12)10-7(5-9(14)15)3-2-4-8(10)13-6/h2-4,13H,5H2,1H3,(H,14,15). The Morgan fingerprint density at radius 3 is 2.93 bits per heavy atom. The molecule has 2 rings (SSSR count). The van der Waals surface area contributed by atoms with Gasteiger partial charge in [-0.05, 0) is 34.5 Å². The third kappa shape index (κ3) is 1.77. The number of H-pyrrole nitrogens is 1. The van der Waals surface area contributed by atoms with Crippen molar-refractivity contribution in [1.29, 1.82) is 0 Å². The summed E-state index contributed by atoms with van der Waals surface area (Å²) >= 11 is 3.47. The number of aliphatic carboxylic acids is 1. The maximum absolute atomic E-state index is 10.7. The average Bonchev–Trinajstić information content (AvgIpc) is 2.43. The summed E-state index contributed by atoms with van der Waals surface area (Å²) in [4.78, 5) is 13.9. The van der Waals surface area contributed by atoms with Crippen molar-refractivity contribution in [3.8, 4) is 0 Å². The minimum Gasteiger partial charge on any atom is -0.481 e. The van der Waals surface area contributed by atoms with Crippen molar-refractivity contribution < 1.29 is 9.90 Å². The maximum atomic E-state index is 10.7. The van der Waals surface area contributed by atoms with Crippen molar-refractivity contribution in [3.05, 3.63) is 33.9 Å². The fourth-order valence-corrected chi connectivity index (χ4v) is 2.29. The molecule has 0 fully saturated rings. The molecule has 0 unspecified atom stereocenters. The number of hydrogen-bond donors (Lipinski definition) is 2. The highest BCUT2D eigenvalue weighted by Gasteiger charge is 2.11. The van der Waals surface area contributed by atoms with Crippen LogP contribution >= 0.6 is 15.9 Å². The molecule has 1 aromatic carbocycles. The highest BCUT2D eigenvalue weighted by Crippen LogP contribution is 2.30. The largest absolute Gasteiger partial charge is 0.481 e. The molecule has 0 spiro atoms. The van der Waals surface area contributed by atoms with E-state index in [4.69, 9.17) is 5.11 Å². The van der Waals surface area contributed by atoms with E-state index in [2.05, 4.69) is 20.9 Å². The van der Waals surface area contributed by atoms with Crippen molar-refractivity contribution >= 4 is 32.8 Å². The second-order valence-electron chi connectivity index (χ2n) is 3.47. The quantitative estimate of drug-likeness (QED) is 0.879. The first-order chi connectivity index (χ1) is 7.09. The van der Waals surface area contributed by atoms with Gasteiger partial charge in [0, 0.05) is 21.1 Å². The number of nitrogens with one attached hydrogen (secondary N) is 1. The van der Waals surface area contributed by atoms with Gasteiger partial charge in [-0.1, -0.05) is 12.1 Å². The van der Waals surface area contributed by atoms with E-state index >= 15 is 0 Å². The molecule has 0 aliphatic carbocycles. The van der Waals surface area contributed by atoms with Crippen LogP contribution in [-0.2, 0) is 11.2 Å². The lowest BCUT2D eigenvalue weighted by molar-refractivity contribution is -0.136. The van der Waals surface area contributed by atoms with Crippen LogP contribution in [0.25, 0.3) is 10.9 Å². The Bertz CT molecular complexity index is 531. The summed E-state index contributed by atoms with van der Waals surface area (Å²) in [6.45, 7) is 1.95. The van der Waals surface area contributed by atoms with Gasteiger partial charge in [-0.25, -0.2) is 0 Å². The number of hydrogen-bond acceptors (Lipinski definition) is 1. The highest BCUT2D eigenvalue weighted by molar-refractivity contribution is 9.10. The summed E-state index contributed by atoms with van der Waals surface area (Å²) in [6, 6.07) is 5.65. The maximum Gasteiger partial charge on any atom is 0.307 e. The van der Waals surface area contributed by atoms with Gasteiger partial charge in [0.15, 0.2) is 0 Å². The van der Waals surface area contributed by atoms with Gasteiger partial charge in [0.05, 0.1) is 6.42 Å². The Hall–Kier alpha value is -1.29. The van der Waals surface area contributed by atoms with Crippen molar-refractivity contribution in [3.63, 3.8) is 0 Å². The fraction of sp³-hybridized carbons (Fsp3) is 0.182. The molecule has 0 aliphatic rings. The van der Waals surface area contributed by atoms with Gasteiger partial charge in [-0.3, -0.25) is 4.79 Å². The molecular weight excluding hydrogens is 258 g/mol. The number of carbonyl (C=O) groups is 1. The zero-order valence-electron chi connectivity index (χ0n) is 8.17. The molecule has 0 radical (unpaired) electrons. The predicted octanol–water partition coefficient (Wildman–Crippen LogP) is 2.87. The zero-order chi connectivity index (χ0) is 11.0. The third-order valence-corrected chi connectivity index (χ3v) is 3.35. The molecule has 0 aliphatic heterocycles. The summed E-state index contributed by atoms with van der Waals surface area (Å²) in [7, 11) is 0. The second kappa shape index (κ2) is 3.70. The molecule has 0 saturated carbocycles. The molecule has 4 heteroatoms. The molecule has 0 bridgehead atoms. The Kier molecular flexibility index (Phi) is 2.52. The number of benzene rings is 1. The first kappa shape index (κ1) is 10.2. The Morgan fingerprint density at radius 1 is 1.53 bits per heavy atom. The van der Waals surface area contributed by atoms with Crippen LogP contribution in [0.3, 0.4) is 0 Å². The van der Waals surface area contributed by atoms with Crippen molar-refractivity contribution in [2.45, 2.75) is 13.3 Å². The summed E-state index contributed by atoms with van der Waals surface area (Å²) in [5, 5.41) is 9.77. The van der Waals surface area contributed by atoms with E-state index in [1.165, 1.54) is 0 Å². The fourth-order valence-electron chi connectivity index (χ4n) is 1.72. The van der Waals surface area contributed by atoms with Crippen LogP contribution in [-0.4, -0.2) is 16.1 Å². The number of aromatic amines is 1. The van der Waals surface area contributed by atoms with Crippen LogP contribution < -0.4 is 0 Å². The predicted molar refractivity (Wildman–Crippen MR) is 62.1 cm³/mol. The number of rotatable bonds is 2. The molecule has 1 aromatic heterocycles. The Balaban J connectivity index is 2.68. The number of carboxylic acids is 1. The molecule has 0 atom stereocenters. The second-order valence-corrected chi connectivity index (χ2v) is 4.27. The molecule has 2 N–H and O–H groups in total.